The van der Waals surface area contributed by atoms with Crippen LogP contribution in [0.4, 0.5) is 0 Å². The molecular weight excluding hydrogens is 186 g/mol. The van der Waals surface area contributed by atoms with Crippen LogP contribution in [0.25, 0.3) is 11.1 Å². The number of hydrogen-bond donors (Lipinski definition) is 1. The van der Waals surface area contributed by atoms with Crippen LogP contribution in [0.1, 0.15) is 21.6 Å². The minimum absolute atomic E-state index is 0.618. The third-order valence-electron chi connectivity index (χ3n) is 2.60. The lowest BCUT2D eigenvalue weighted by Gasteiger charge is -2.06. The Morgan fingerprint density at radius 3 is 2.40 bits per heavy atom. The fraction of sp³-hybridized carbons (Fsp3) is 0.154. The molecule has 1 heterocycles. The molecule has 0 fully saturated rings. The summed E-state index contributed by atoms with van der Waals surface area (Å²) >= 11 is 0. The molecule has 1 aromatic heterocycles. The predicted molar refractivity (Wildman–Crippen MR) is 61.1 cm³/mol. The fourth-order valence-electron chi connectivity index (χ4n) is 1.89. The highest BCUT2D eigenvalue weighted by molar-refractivity contribution is 5.79. The van der Waals surface area contributed by atoms with Gasteiger partial charge in [0.15, 0.2) is 6.29 Å². The summed E-state index contributed by atoms with van der Waals surface area (Å²) in [6.07, 6.45) is 2.70. The van der Waals surface area contributed by atoms with E-state index in [0.717, 1.165) is 11.8 Å². The van der Waals surface area contributed by atoms with E-state index in [0.29, 0.717) is 5.69 Å². The van der Waals surface area contributed by atoms with Gasteiger partial charge in [-0.2, -0.15) is 0 Å². The average molecular weight is 199 g/mol. The number of H-pyrrole nitrogens is 1. The minimum Gasteiger partial charge on any atom is -0.358 e. The summed E-state index contributed by atoms with van der Waals surface area (Å²) < 4.78 is 0. The maximum Gasteiger partial charge on any atom is 0.166 e. The van der Waals surface area contributed by atoms with E-state index in [1.807, 2.05) is 18.3 Å². The summed E-state index contributed by atoms with van der Waals surface area (Å²) in [6.45, 7) is 4.16. The van der Waals surface area contributed by atoms with Gasteiger partial charge in [0.05, 0.1) is 5.69 Å². The van der Waals surface area contributed by atoms with Crippen molar-refractivity contribution in [3.8, 4) is 11.1 Å². The van der Waals surface area contributed by atoms with Gasteiger partial charge in [-0.25, -0.2) is 0 Å². The molecule has 0 radical (unpaired) electrons. The molecule has 0 amide bonds. The number of aryl methyl sites for hydroxylation is 2. The number of rotatable bonds is 2. The first-order valence-electron chi connectivity index (χ1n) is 4.92. The molecule has 0 aliphatic rings. The SMILES string of the molecule is Cc1cccc(C)c1-c1c[nH]c(C=O)c1. The monoisotopic (exact) mass is 199 g/mol. The van der Waals surface area contributed by atoms with Crippen LogP contribution in [0.5, 0.6) is 0 Å². The first-order valence-corrected chi connectivity index (χ1v) is 4.92. The van der Waals surface area contributed by atoms with E-state index in [1.54, 1.807) is 0 Å². The highest BCUT2D eigenvalue weighted by atomic mass is 16.1. The van der Waals surface area contributed by atoms with Crippen molar-refractivity contribution in [3.63, 3.8) is 0 Å². The predicted octanol–water partition coefficient (Wildman–Crippen LogP) is 3.11. The topological polar surface area (TPSA) is 32.9 Å². The van der Waals surface area contributed by atoms with Crippen molar-refractivity contribution >= 4 is 6.29 Å². The minimum atomic E-state index is 0.618. The zero-order chi connectivity index (χ0) is 10.8. The molecule has 2 rings (SSSR count). The van der Waals surface area contributed by atoms with Crippen LogP contribution in [0, 0.1) is 13.8 Å². The zero-order valence-electron chi connectivity index (χ0n) is 8.87. The Kier molecular flexibility index (Phi) is 2.42. The molecule has 0 atom stereocenters. The Labute approximate surface area is 89.0 Å². The highest BCUT2D eigenvalue weighted by Crippen LogP contribution is 2.27. The number of nitrogens with one attached hydrogen (secondary N) is 1. The summed E-state index contributed by atoms with van der Waals surface area (Å²) in [7, 11) is 0. The molecular formula is C13H13NO. The first-order chi connectivity index (χ1) is 7.22. The Balaban J connectivity index is 2.58. The second kappa shape index (κ2) is 3.73. The second-order valence-electron chi connectivity index (χ2n) is 3.73. The van der Waals surface area contributed by atoms with Crippen LogP contribution in [-0.4, -0.2) is 11.3 Å². The third kappa shape index (κ3) is 1.71. The van der Waals surface area contributed by atoms with E-state index in [1.165, 1.54) is 16.7 Å². The lowest BCUT2D eigenvalue weighted by atomic mass is 9.98. The fourth-order valence-corrected chi connectivity index (χ4v) is 1.89. The molecule has 0 saturated carbocycles. The van der Waals surface area contributed by atoms with Crippen molar-refractivity contribution in [2.24, 2.45) is 0 Å². The average Bonchev–Trinajstić information content (AvgIpc) is 2.66. The molecule has 15 heavy (non-hydrogen) atoms. The van der Waals surface area contributed by atoms with Crippen LogP contribution in [0.15, 0.2) is 30.5 Å². The maximum absolute atomic E-state index is 10.6. The summed E-state index contributed by atoms with van der Waals surface area (Å²) in [5, 5.41) is 0. The molecule has 0 unspecified atom stereocenters. The standard InChI is InChI=1S/C13H13NO/c1-9-4-3-5-10(2)13(9)11-6-12(8-15)14-7-11/h3-8,14H,1-2H3. The van der Waals surface area contributed by atoms with Crippen molar-refractivity contribution in [2.45, 2.75) is 13.8 Å². The summed E-state index contributed by atoms with van der Waals surface area (Å²) in [5.41, 5.74) is 5.36. The summed E-state index contributed by atoms with van der Waals surface area (Å²) in [5.74, 6) is 0. The van der Waals surface area contributed by atoms with Gasteiger partial charge < -0.3 is 4.98 Å². The number of carbonyl (C=O) groups is 1. The number of carbonyl (C=O) groups excluding carboxylic acids is 1. The Hall–Kier alpha value is -1.83. The number of benzene rings is 1. The van der Waals surface area contributed by atoms with E-state index < -0.39 is 0 Å². The van der Waals surface area contributed by atoms with Crippen LogP contribution in [0.3, 0.4) is 0 Å². The molecule has 1 N–H and O–H groups in total. The van der Waals surface area contributed by atoms with Crippen molar-refractivity contribution in [1.29, 1.82) is 0 Å². The van der Waals surface area contributed by atoms with Gasteiger partial charge in [0, 0.05) is 11.8 Å². The van der Waals surface area contributed by atoms with Crippen LogP contribution >= 0.6 is 0 Å². The number of aromatic nitrogens is 1. The molecule has 1 aromatic carbocycles. The number of hydrogen-bond acceptors (Lipinski definition) is 1. The summed E-state index contributed by atoms with van der Waals surface area (Å²) in [4.78, 5) is 13.5. The Morgan fingerprint density at radius 1 is 1.20 bits per heavy atom. The van der Waals surface area contributed by atoms with Crippen LogP contribution < -0.4 is 0 Å². The normalized spacial score (nSPS) is 10.3. The maximum atomic E-state index is 10.6. The zero-order valence-corrected chi connectivity index (χ0v) is 8.87. The Morgan fingerprint density at radius 2 is 1.87 bits per heavy atom. The number of aromatic amines is 1. The van der Waals surface area contributed by atoms with Gasteiger partial charge in [-0.05, 0) is 36.6 Å². The quantitative estimate of drug-likeness (QED) is 0.740. The Bertz CT molecular complexity index is 477. The van der Waals surface area contributed by atoms with Gasteiger partial charge >= 0.3 is 0 Å². The molecule has 0 bridgehead atoms. The molecule has 2 heteroatoms. The van der Waals surface area contributed by atoms with Gasteiger partial charge in [-0.15, -0.1) is 0 Å². The van der Waals surface area contributed by atoms with E-state index in [9.17, 15) is 4.79 Å². The summed E-state index contributed by atoms with van der Waals surface area (Å²) in [6, 6.07) is 8.08. The molecule has 76 valence electrons. The molecule has 2 nitrogen and oxygen atoms in total. The van der Waals surface area contributed by atoms with Crippen molar-refractivity contribution in [1.82, 2.24) is 4.98 Å². The van der Waals surface area contributed by atoms with E-state index in [-0.39, 0.29) is 0 Å². The van der Waals surface area contributed by atoms with Gasteiger partial charge in [-0.1, -0.05) is 18.2 Å². The van der Waals surface area contributed by atoms with Gasteiger partial charge in [-0.3, -0.25) is 4.79 Å². The van der Waals surface area contributed by atoms with E-state index in [4.69, 9.17) is 0 Å². The van der Waals surface area contributed by atoms with Crippen molar-refractivity contribution in [2.75, 3.05) is 0 Å². The second-order valence-corrected chi connectivity index (χ2v) is 3.73. The largest absolute Gasteiger partial charge is 0.358 e. The molecule has 2 aromatic rings. The van der Waals surface area contributed by atoms with Gasteiger partial charge in [0.25, 0.3) is 0 Å². The van der Waals surface area contributed by atoms with Crippen LogP contribution in [-0.2, 0) is 0 Å². The lowest BCUT2D eigenvalue weighted by Crippen LogP contribution is -1.85. The molecule has 0 spiro atoms. The molecule has 0 aliphatic heterocycles. The highest BCUT2D eigenvalue weighted by Gasteiger charge is 2.06. The van der Waals surface area contributed by atoms with Crippen molar-refractivity contribution in [3.05, 3.63) is 47.3 Å². The molecule has 0 aliphatic carbocycles. The smallest absolute Gasteiger partial charge is 0.166 e. The van der Waals surface area contributed by atoms with Gasteiger partial charge in [0.1, 0.15) is 0 Å². The van der Waals surface area contributed by atoms with Crippen molar-refractivity contribution < 1.29 is 4.79 Å². The third-order valence-corrected chi connectivity index (χ3v) is 2.60. The van der Waals surface area contributed by atoms with Gasteiger partial charge in [0.2, 0.25) is 0 Å². The number of aldehydes is 1. The lowest BCUT2D eigenvalue weighted by molar-refractivity contribution is 0.111. The molecule has 0 saturated heterocycles. The van der Waals surface area contributed by atoms with E-state index >= 15 is 0 Å². The first kappa shape index (κ1) is 9.71. The van der Waals surface area contributed by atoms with Crippen LogP contribution in [0.2, 0.25) is 0 Å². The van der Waals surface area contributed by atoms with E-state index in [2.05, 4.69) is 31.0 Å².